The third kappa shape index (κ3) is 2.23. The molecule has 2 aromatic rings. The molecule has 0 radical (unpaired) electrons. The van der Waals surface area contributed by atoms with E-state index in [-0.39, 0.29) is 5.75 Å². The van der Waals surface area contributed by atoms with Gasteiger partial charge >= 0.3 is 0 Å². The minimum Gasteiger partial charge on any atom is -0.494 e. The van der Waals surface area contributed by atoms with Gasteiger partial charge in [0.15, 0.2) is 17.4 Å². The van der Waals surface area contributed by atoms with E-state index in [1.807, 2.05) is 0 Å². The van der Waals surface area contributed by atoms with Crippen LogP contribution >= 0.6 is 0 Å². The fourth-order valence-electron chi connectivity index (χ4n) is 1.36. The molecular formula is C13H9FN2O. The SMILES string of the molecule is C#Cc1cnc(-c2ccc(OC)c(F)c2)nc1. The van der Waals surface area contributed by atoms with Gasteiger partial charge in [-0.05, 0) is 18.2 Å². The molecule has 2 rings (SSSR count). The van der Waals surface area contributed by atoms with Gasteiger partial charge in [-0.3, -0.25) is 0 Å². The number of hydrogen-bond donors (Lipinski definition) is 0. The summed E-state index contributed by atoms with van der Waals surface area (Å²) >= 11 is 0. The van der Waals surface area contributed by atoms with Crippen molar-refractivity contribution in [2.75, 3.05) is 7.11 Å². The lowest BCUT2D eigenvalue weighted by Crippen LogP contribution is -1.92. The van der Waals surface area contributed by atoms with Gasteiger partial charge in [0.1, 0.15) is 0 Å². The number of hydrogen-bond acceptors (Lipinski definition) is 3. The normalized spacial score (nSPS) is 9.71. The van der Waals surface area contributed by atoms with Gasteiger partial charge in [-0.1, -0.05) is 5.92 Å². The summed E-state index contributed by atoms with van der Waals surface area (Å²) in [5, 5.41) is 0. The van der Waals surface area contributed by atoms with Crippen LogP contribution in [0.1, 0.15) is 5.56 Å². The third-order valence-electron chi connectivity index (χ3n) is 2.23. The largest absolute Gasteiger partial charge is 0.494 e. The first kappa shape index (κ1) is 11.1. The molecule has 0 saturated heterocycles. The summed E-state index contributed by atoms with van der Waals surface area (Å²) in [6.07, 6.45) is 8.23. The summed E-state index contributed by atoms with van der Waals surface area (Å²) in [6.45, 7) is 0. The molecule has 1 heterocycles. The van der Waals surface area contributed by atoms with Crippen molar-refractivity contribution in [2.24, 2.45) is 0 Å². The monoisotopic (exact) mass is 228 g/mol. The lowest BCUT2D eigenvalue weighted by molar-refractivity contribution is 0.386. The maximum atomic E-state index is 13.5. The highest BCUT2D eigenvalue weighted by Gasteiger charge is 2.06. The molecule has 0 aliphatic carbocycles. The lowest BCUT2D eigenvalue weighted by Gasteiger charge is -2.04. The van der Waals surface area contributed by atoms with E-state index in [4.69, 9.17) is 11.2 Å². The van der Waals surface area contributed by atoms with Crippen LogP contribution in [0.3, 0.4) is 0 Å². The average Bonchev–Trinajstić information content (AvgIpc) is 2.39. The van der Waals surface area contributed by atoms with Crippen molar-refractivity contribution in [3.8, 4) is 29.5 Å². The Kier molecular flexibility index (Phi) is 3.01. The lowest BCUT2D eigenvalue weighted by atomic mass is 10.2. The van der Waals surface area contributed by atoms with Crippen LogP contribution in [-0.2, 0) is 0 Å². The Morgan fingerprint density at radius 3 is 2.53 bits per heavy atom. The maximum absolute atomic E-state index is 13.5. The third-order valence-corrected chi connectivity index (χ3v) is 2.23. The van der Waals surface area contributed by atoms with Crippen molar-refractivity contribution >= 4 is 0 Å². The molecule has 0 unspecified atom stereocenters. The molecule has 0 bridgehead atoms. The minimum atomic E-state index is -0.449. The number of methoxy groups -OCH3 is 1. The van der Waals surface area contributed by atoms with E-state index in [9.17, 15) is 4.39 Å². The molecular weight excluding hydrogens is 219 g/mol. The Bertz CT molecular complexity index is 573. The second kappa shape index (κ2) is 4.62. The van der Waals surface area contributed by atoms with Crippen LogP contribution in [-0.4, -0.2) is 17.1 Å². The van der Waals surface area contributed by atoms with Gasteiger partial charge in [-0.2, -0.15) is 0 Å². The van der Waals surface area contributed by atoms with Crippen molar-refractivity contribution in [1.29, 1.82) is 0 Å². The standard InChI is InChI=1S/C13H9FN2O/c1-3-9-7-15-13(16-8-9)10-4-5-12(17-2)11(14)6-10/h1,4-8H,2H3. The van der Waals surface area contributed by atoms with E-state index < -0.39 is 5.82 Å². The zero-order valence-corrected chi connectivity index (χ0v) is 9.14. The van der Waals surface area contributed by atoms with Crippen LogP contribution in [0.4, 0.5) is 4.39 Å². The first-order valence-corrected chi connectivity index (χ1v) is 4.87. The number of halogens is 1. The quantitative estimate of drug-likeness (QED) is 0.739. The average molecular weight is 228 g/mol. The fraction of sp³-hybridized carbons (Fsp3) is 0.0769. The smallest absolute Gasteiger partial charge is 0.165 e. The van der Waals surface area contributed by atoms with Crippen molar-refractivity contribution in [3.63, 3.8) is 0 Å². The Morgan fingerprint density at radius 2 is 2.00 bits per heavy atom. The molecule has 0 aliphatic rings. The van der Waals surface area contributed by atoms with E-state index in [2.05, 4.69) is 15.9 Å². The summed E-state index contributed by atoms with van der Waals surface area (Å²) in [5.74, 6) is 2.58. The molecule has 0 spiro atoms. The van der Waals surface area contributed by atoms with Gasteiger partial charge in [0.25, 0.3) is 0 Å². The molecule has 0 saturated carbocycles. The number of terminal acetylenes is 1. The molecule has 0 amide bonds. The first-order valence-electron chi connectivity index (χ1n) is 4.87. The van der Waals surface area contributed by atoms with E-state index in [0.29, 0.717) is 17.0 Å². The maximum Gasteiger partial charge on any atom is 0.165 e. The topological polar surface area (TPSA) is 35.0 Å². The number of rotatable bonds is 2. The van der Waals surface area contributed by atoms with E-state index >= 15 is 0 Å². The highest BCUT2D eigenvalue weighted by Crippen LogP contribution is 2.22. The van der Waals surface area contributed by atoms with Crippen LogP contribution in [0.5, 0.6) is 5.75 Å². The Hall–Kier alpha value is -2.41. The molecule has 17 heavy (non-hydrogen) atoms. The second-order valence-electron chi connectivity index (χ2n) is 3.29. The Labute approximate surface area is 98.3 Å². The van der Waals surface area contributed by atoms with Gasteiger partial charge in [-0.25, -0.2) is 14.4 Å². The van der Waals surface area contributed by atoms with Gasteiger partial charge in [-0.15, -0.1) is 6.42 Å². The molecule has 3 nitrogen and oxygen atoms in total. The summed E-state index contributed by atoms with van der Waals surface area (Å²) in [7, 11) is 1.41. The van der Waals surface area contributed by atoms with Gasteiger partial charge < -0.3 is 4.74 Å². The van der Waals surface area contributed by atoms with Gasteiger partial charge in [0.05, 0.1) is 12.7 Å². The van der Waals surface area contributed by atoms with Gasteiger partial charge in [0.2, 0.25) is 0 Å². The molecule has 0 atom stereocenters. The highest BCUT2D eigenvalue weighted by atomic mass is 19.1. The molecule has 1 aromatic carbocycles. The highest BCUT2D eigenvalue weighted by molar-refractivity contribution is 5.56. The molecule has 1 aromatic heterocycles. The van der Waals surface area contributed by atoms with Crippen molar-refractivity contribution in [1.82, 2.24) is 9.97 Å². The van der Waals surface area contributed by atoms with E-state index in [1.54, 1.807) is 6.07 Å². The summed E-state index contributed by atoms with van der Waals surface area (Å²) in [5.41, 5.74) is 1.16. The van der Waals surface area contributed by atoms with Crippen molar-refractivity contribution in [2.45, 2.75) is 0 Å². The molecule has 0 aliphatic heterocycles. The van der Waals surface area contributed by atoms with E-state index in [1.165, 1.54) is 31.6 Å². The number of aromatic nitrogens is 2. The molecule has 0 N–H and O–H groups in total. The predicted molar refractivity (Wildman–Crippen MR) is 61.9 cm³/mol. The molecule has 0 fully saturated rings. The van der Waals surface area contributed by atoms with Crippen molar-refractivity contribution < 1.29 is 9.13 Å². The van der Waals surface area contributed by atoms with E-state index in [0.717, 1.165) is 0 Å². The molecule has 4 heteroatoms. The summed E-state index contributed by atoms with van der Waals surface area (Å²) < 4.78 is 18.3. The van der Waals surface area contributed by atoms with Crippen LogP contribution < -0.4 is 4.74 Å². The Balaban J connectivity index is 2.40. The Morgan fingerprint density at radius 1 is 1.29 bits per heavy atom. The minimum absolute atomic E-state index is 0.189. The zero-order chi connectivity index (χ0) is 12.3. The summed E-state index contributed by atoms with van der Waals surface area (Å²) in [4.78, 5) is 8.11. The van der Waals surface area contributed by atoms with Crippen molar-refractivity contribution in [3.05, 3.63) is 42.0 Å². The van der Waals surface area contributed by atoms with Crippen LogP contribution in [0.2, 0.25) is 0 Å². The van der Waals surface area contributed by atoms with Crippen LogP contribution in [0.25, 0.3) is 11.4 Å². The predicted octanol–water partition coefficient (Wildman–Crippen LogP) is 2.27. The number of ether oxygens (including phenoxy) is 1. The number of nitrogens with zero attached hydrogens (tertiary/aromatic N) is 2. The fourth-order valence-corrected chi connectivity index (χ4v) is 1.36. The number of benzene rings is 1. The van der Waals surface area contributed by atoms with Crippen LogP contribution in [0, 0.1) is 18.2 Å². The van der Waals surface area contributed by atoms with Crippen LogP contribution in [0.15, 0.2) is 30.6 Å². The first-order chi connectivity index (χ1) is 8.24. The second-order valence-corrected chi connectivity index (χ2v) is 3.29. The van der Waals surface area contributed by atoms with Gasteiger partial charge in [0, 0.05) is 18.0 Å². The zero-order valence-electron chi connectivity index (χ0n) is 9.14. The molecule has 84 valence electrons. The summed E-state index contributed by atoms with van der Waals surface area (Å²) in [6, 6.07) is 4.54.